The van der Waals surface area contributed by atoms with Crippen molar-refractivity contribution in [2.24, 2.45) is 0 Å². The van der Waals surface area contributed by atoms with E-state index in [-0.39, 0.29) is 0 Å². The number of hydrogen-bond acceptors (Lipinski definition) is 5. The van der Waals surface area contributed by atoms with Crippen LogP contribution in [0.1, 0.15) is 11.3 Å². The molecule has 0 saturated heterocycles. The van der Waals surface area contributed by atoms with Crippen LogP contribution in [0.25, 0.3) is 0 Å². The monoisotopic (exact) mass is 251 g/mol. The van der Waals surface area contributed by atoms with Gasteiger partial charge >= 0.3 is 0 Å². The van der Waals surface area contributed by atoms with Gasteiger partial charge < -0.3 is 5.32 Å². The van der Waals surface area contributed by atoms with E-state index in [2.05, 4.69) is 45.4 Å². The van der Waals surface area contributed by atoms with Crippen molar-refractivity contribution in [3.05, 3.63) is 40.9 Å². The van der Waals surface area contributed by atoms with E-state index in [9.17, 15) is 0 Å². The van der Waals surface area contributed by atoms with Gasteiger partial charge in [0, 0.05) is 16.8 Å². The number of nitrogens with one attached hydrogen (secondary N) is 1. The molecule has 0 atom stereocenters. The smallest absolute Gasteiger partial charge is 0.0946 e. The van der Waals surface area contributed by atoms with Crippen LogP contribution in [-0.2, 0) is 12.3 Å². The topological polar surface area (TPSA) is 37.8 Å². The van der Waals surface area contributed by atoms with Crippen molar-refractivity contribution in [3.8, 4) is 0 Å². The van der Waals surface area contributed by atoms with Gasteiger partial charge in [-0.2, -0.15) is 11.8 Å². The molecule has 5 heteroatoms. The quantitative estimate of drug-likeness (QED) is 0.886. The van der Waals surface area contributed by atoms with E-state index in [1.807, 2.05) is 17.1 Å². The summed E-state index contributed by atoms with van der Waals surface area (Å²) < 4.78 is 3.82. The Morgan fingerprint density at radius 1 is 1.31 bits per heavy atom. The minimum absolute atomic E-state index is 0.734. The number of anilines is 1. The highest BCUT2D eigenvalue weighted by molar-refractivity contribution is 7.97. The molecule has 1 N–H and O–H groups in total. The Morgan fingerprint density at radius 2 is 2.12 bits per heavy atom. The maximum absolute atomic E-state index is 3.98. The summed E-state index contributed by atoms with van der Waals surface area (Å²) in [5.74, 6) is 1.07. The van der Waals surface area contributed by atoms with Gasteiger partial charge in [0.25, 0.3) is 0 Å². The normalized spacial score (nSPS) is 10.3. The lowest BCUT2D eigenvalue weighted by molar-refractivity contribution is 0.998. The van der Waals surface area contributed by atoms with Crippen molar-refractivity contribution in [2.45, 2.75) is 12.3 Å². The molecule has 1 aromatic carbocycles. The maximum Gasteiger partial charge on any atom is 0.0946 e. The van der Waals surface area contributed by atoms with Crippen molar-refractivity contribution < 1.29 is 0 Å². The molecule has 0 aliphatic rings. The Balaban J connectivity index is 1.90. The zero-order valence-electron chi connectivity index (χ0n) is 9.01. The molecule has 0 unspecified atom stereocenters. The van der Waals surface area contributed by atoms with Crippen LogP contribution in [0.3, 0.4) is 0 Å². The number of hydrogen-bond donors (Lipinski definition) is 1. The first-order valence-corrected chi connectivity index (χ1v) is 7.19. The molecule has 0 amide bonds. The Labute approximate surface area is 103 Å². The summed E-state index contributed by atoms with van der Waals surface area (Å²) in [6, 6.07) is 8.51. The van der Waals surface area contributed by atoms with E-state index in [1.54, 1.807) is 0 Å². The van der Waals surface area contributed by atoms with E-state index in [0.717, 1.165) is 23.7 Å². The van der Waals surface area contributed by atoms with Gasteiger partial charge in [0.05, 0.1) is 12.2 Å². The van der Waals surface area contributed by atoms with Crippen molar-refractivity contribution in [1.82, 2.24) is 9.59 Å². The lowest BCUT2D eigenvalue weighted by Gasteiger charge is -2.05. The molecule has 0 spiro atoms. The van der Waals surface area contributed by atoms with Gasteiger partial charge in [-0.25, -0.2) is 0 Å². The third-order valence-corrected chi connectivity index (χ3v) is 3.32. The SMILES string of the molecule is CSCc1ccc(NCc2csnn2)cc1. The zero-order chi connectivity index (χ0) is 11.2. The average molecular weight is 251 g/mol. The van der Waals surface area contributed by atoms with Crippen molar-refractivity contribution in [2.75, 3.05) is 11.6 Å². The second kappa shape index (κ2) is 5.86. The highest BCUT2D eigenvalue weighted by Gasteiger charge is 1.97. The molecular weight excluding hydrogens is 238 g/mol. The van der Waals surface area contributed by atoms with Gasteiger partial charge in [-0.15, -0.1) is 5.10 Å². The van der Waals surface area contributed by atoms with E-state index in [0.29, 0.717) is 0 Å². The van der Waals surface area contributed by atoms with E-state index < -0.39 is 0 Å². The number of thioether (sulfide) groups is 1. The fourth-order valence-corrected chi connectivity index (χ4v) is 2.32. The van der Waals surface area contributed by atoms with Crippen LogP contribution in [0.5, 0.6) is 0 Å². The Bertz CT molecular complexity index is 411. The molecule has 2 aromatic rings. The first kappa shape index (κ1) is 11.4. The van der Waals surface area contributed by atoms with Crippen LogP contribution in [0.2, 0.25) is 0 Å². The maximum atomic E-state index is 3.98. The second-order valence-corrected chi connectivity index (χ2v) is 4.86. The molecule has 3 nitrogen and oxygen atoms in total. The predicted molar refractivity (Wildman–Crippen MR) is 70.9 cm³/mol. The predicted octanol–water partition coefficient (Wildman–Crippen LogP) is 3.01. The standard InChI is InChI=1S/C11H13N3S2/c1-15-7-9-2-4-10(5-3-9)12-6-11-8-16-14-13-11/h2-5,8,12H,6-7H2,1H3. The fraction of sp³-hybridized carbons (Fsp3) is 0.273. The van der Waals surface area contributed by atoms with Gasteiger partial charge in [0.1, 0.15) is 0 Å². The lowest BCUT2D eigenvalue weighted by Crippen LogP contribution is -1.99. The van der Waals surface area contributed by atoms with Crippen LogP contribution >= 0.6 is 23.3 Å². The summed E-state index contributed by atoms with van der Waals surface area (Å²) in [7, 11) is 0. The van der Waals surface area contributed by atoms with E-state index >= 15 is 0 Å². The minimum atomic E-state index is 0.734. The molecule has 84 valence electrons. The number of rotatable bonds is 5. The number of benzene rings is 1. The van der Waals surface area contributed by atoms with Gasteiger partial charge in [-0.1, -0.05) is 16.6 Å². The first-order valence-electron chi connectivity index (χ1n) is 4.96. The van der Waals surface area contributed by atoms with Crippen LogP contribution in [0.15, 0.2) is 29.6 Å². The van der Waals surface area contributed by atoms with E-state index in [1.165, 1.54) is 17.1 Å². The third-order valence-electron chi connectivity index (χ3n) is 2.14. The molecule has 0 aliphatic heterocycles. The van der Waals surface area contributed by atoms with Crippen molar-refractivity contribution >= 4 is 29.0 Å². The van der Waals surface area contributed by atoms with Gasteiger partial charge in [-0.3, -0.25) is 0 Å². The zero-order valence-corrected chi connectivity index (χ0v) is 10.6. The first-order chi connectivity index (χ1) is 7.88. The molecule has 1 heterocycles. The van der Waals surface area contributed by atoms with Gasteiger partial charge in [0.2, 0.25) is 0 Å². The van der Waals surface area contributed by atoms with Crippen LogP contribution in [0.4, 0.5) is 5.69 Å². The highest BCUT2D eigenvalue weighted by atomic mass is 32.2. The van der Waals surface area contributed by atoms with E-state index in [4.69, 9.17) is 0 Å². The summed E-state index contributed by atoms with van der Waals surface area (Å²) in [5.41, 5.74) is 3.46. The summed E-state index contributed by atoms with van der Waals surface area (Å²) in [5, 5.41) is 9.25. The van der Waals surface area contributed by atoms with Crippen LogP contribution < -0.4 is 5.32 Å². The molecule has 16 heavy (non-hydrogen) atoms. The summed E-state index contributed by atoms with van der Waals surface area (Å²) >= 11 is 3.21. The second-order valence-electron chi connectivity index (χ2n) is 3.38. The third kappa shape index (κ3) is 3.21. The summed E-state index contributed by atoms with van der Waals surface area (Å²) in [6.07, 6.45) is 2.11. The van der Waals surface area contributed by atoms with Crippen LogP contribution in [-0.4, -0.2) is 15.8 Å². The minimum Gasteiger partial charge on any atom is -0.379 e. The van der Waals surface area contributed by atoms with Crippen molar-refractivity contribution in [1.29, 1.82) is 0 Å². The van der Waals surface area contributed by atoms with Gasteiger partial charge in [0.15, 0.2) is 0 Å². The summed E-state index contributed by atoms with van der Waals surface area (Å²) in [6.45, 7) is 0.734. The highest BCUT2D eigenvalue weighted by Crippen LogP contribution is 2.14. The van der Waals surface area contributed by atoms with Crippen molar-refractivity contribution in [3.63, 3.8) is 0 Å². The molecule has 0 saturated carbocycles. The largest absolute Gasteiger partial charge is 0.379 e. The Kier molecular flexibility index (Phi) is 4.18. The lowest BCUT2D eigenvalue weighted by atomic mass is 10.2. The molecule has 0 bridgehead atoms. The Morgan fingerprint density at radius 3 is 2.75 bits per heavy atom. The molecule has 0 aliphatic carbocycles. The average Bonchev–Trinajstić information content (AvgIpc) is 2.82. The number of nitrogens with zero attached hydrogens (tertiary/aromatic N) is 2. The molecule has 0 radical (unpaired) electrons. The molecule has 1 aromatic heterocycles. The van der Waals surface area contributed by atoms with Crippen LogP contribution in [0, 0.1) is 0 Å². The molecular formula is C11H13N3S2. The molecule has 2 rings (SSSR count). The fourth-order valence-electron chi connectivity index (χ4n) is 1.34. The number of aromatic nitrogens is 2. The Hall–Kier alpha value is -1.07. The summed E-state index contributed by atoms with van der Waals surface area (Å²) in [4.78, 5) is 0. The van der Waals surface area contributed by atoms with Gasteiger partial charge in [-0.05, 0) is 35.5 Å². The molecule has 0 fully saturated rings.